The first-order chi connectivity index (χ1) is 8.16. The Morgan fingerprint density at radius 3 is 1.82 bits per heavy atom. The van der Waals surface area contributed by atoms with Gasteiger partial charge in [0.05, 0.1) is 0 Å². The fourth-order valence-corrected chi connectivity index (χ4v) is 2.17. The van der Waals surface area contributed by atoms with Crippen LogP contribution in [0.1, 0.15) is 85.5 Å². The lowest BCUT2D eigenvalue weighted by Crippen LogP contribution is -2.27. The van der Waals surface area contributed by atoms with E-state index in [-0.39, 0.29) is 0 Å². The molecule has 1 atom stereocenters. The van der Waals surface area contributed by atoms with Gasteiger partial charge in [0, 0.05) is 6.04 Å². The molecular formula is C16H35N. The van der Waals surface area contributed by atoms with E-state index in [2.05, 4.69) is 33.0 Å². The van der Waals surface area contributed by atoms with Gasteiger partial charge in [-0.1, -0.05) is 79.1 Å². The average Bonchev–Trinajstić information content (AvgIpc) is 2.30. The van der Waals surface area contributed by atoms with Gasteiger partial charge in [-0.25, -0.2) is 0 Å². The van der Waals surface area contributed by atoms with Gasteiger partial charge in [0.1, 0.15) is 0 Å². The van der Waals surface area contributed by atoms with E-state index in [0.717, 1.165) is 5.92 Å². The molecule has 0 aliphatic heterocycles. The Bertz CT molecular complexity index is 142. The molecule has 104 valence electrons. The van der Waals surface area contributed by atoms with Gasteiger partial charge in [0.2, 0.25) is 0 Å². The monoisotopic (exact) mass is 241 g/mol. The summed E-state index contributed by atoms with van der Waals surface area (Å²) in [4.78, 5) is 0. The van der Waals surface area contributed by atoms with Crippen molar-refractivity contribution in [2.75, 3.05) is 6.54 Å². The van der Waals surface area contributed by atoms with E-state index in [0.29, 0.717) is 6.04 Å². The zero-order valence-electron chi connectivity index (χ0n) is 12.7. The molecular weight excluding hydrogens is 206 g/mol. The second-order valence-electron chi connectivity index (χ2n) is 5.93. The van der Waals surface area contributed by atoms with E-state index in [4.69, 9.17) is 0 Å². The van der Waals surface area contributed by atoms with Gasteiger partial charge in [-0.3, -0.25) is 0 Å². The number of nitrogens with one attached hydrogen (secondary N) is 1. The summed E-state index contributed by atoms with van der Waals surface area (Å²) < 4.78 is 0. The topological polar surface area (TPSA) is 12.0 Å². The third-order valence-electron chi connectivity index (χ3n) is 3.43. The maximum atomic E-state index is 3.52. The van der Waals surface area contributed by atoms with Gasteiger partial charge in [0.25, 0.3) is 0 Å². The van der Waals surface area contributed by atoms with Crippen LogP contribution in [0.3, 0.4) is 0 Å². The lowest BCUT2D eigenvalue weighted by molar-refractivity contribution is 0.431. The van der Waals surface area contributed by atoms with Crippen LogP contribution in [0.5, 0.6) is 0 Å². The van der Waals surface area contributed by atoms with Crippen molar-refractivity contribution in [3.63, 3.8) is 0 Å². The molecule has 0 heterocycles. The SMILES string of the molecule is CCCCCCCCCCC(C)CNC(C)C. The summed E-state index contributed by atoms with van der Waals surface area (Å²) in [6, 6.07) is 0.635. The highest BCUT2D eigenvalue weighted by molar-refractivity contribution is 4.60. The highest BCUT2D eigenvalue weighted by Crippen LogP contribution is 2.12. The maximum absolute atomic E-state index is 3.52. The lowest BCUT2D eigenvalue weighted by atomic mass is 10.0. The van der Waals surface area contributed by atoms with Gasteiger partial charge in [-0.15, -0.1) is 0 Å². The van der Waals surface area contributed by atoms with Gasteiger partial charge < -0.3 is 5.32 Å². The molecule has 0 saturated carbocycles. The third-order valence-corrected chi connectivity index (χ3v) is 3.43. The van der Waals surface area contributed by atoms with Crippen LogP contribution in [0.25, 0.3) is 0 Å². The fourth-order valence-electron chi connectivity index (χ4n) is 2.17. The molecule has 1 N–H and O–H groups in total. The summed E-state index contributed by atoms with van der Waals surface area (Å²) >= 11 is 0. The highest BCUT2D eigenvalue weighted by Gasteiger charge is 2.02. The zero-order chi connectivity index (χ0) is 12.9. The van der Waals surface area contributed by atoms with Gasteiger partial charge >= 0.3 is 0 Å². The Hall–Kier alpha value is -0.0400. The maximum Gasteiger partial charge on any atom is 0.00104 e. The first kappa shape index (κ1) is 17.0. The van der Waals surface area contributed by atoms with Crippen LogP contribution in [0.4, 0.5) is 0 Å². The summed E-state index contributed by atoms with van der Waals surface area (Å²) in [5.41, 5.74) is 0. The minimum absolute atomic E-state index is 0.635. The first-order valence-corrected chi connectivity index (χ1v) is 7.90. The Morgan fingerprint density at radius 1 is 0.765 bits per heavy atom. The molecule has 17 heavy (non-hydrogen) atoms. The molecule has 0 aromatic carbocycles. The van der Waals surface area contributed by atoms with E-state index >= 15 is 0 Å². The molecule has 0 spiro atoms. The second kappa shape index (κ2) is 12.4. The second-order valence-corrected chi connectivity index (χ2v) is 5.93. The molecule has 0 fully saturated rings. The minimum Gasteiger partial charge on any atom is -0.314 e. The number of unbranched alkanes of at least 4 members (excludes halogenated alkanes) is 7. The number of rotatable bonds is 12. The quantitative estimate of drug-likeness (QED) is 0.466. The van der Waals surface area contributed by atoms with Crippen molar-refractivity contribution in [3.05, 3.63) is 0 Å². The van der Waals surface area contributed by atoms with E-state index in [1.165, 1.54) is 64.3 Å². The van der Waals surface area contributed by atoms with Crippen molar-refractivity contribution in [1.82, 2.24) is 5.32 Å². The Balaban J connectivity index is 3.11. The number of hydrogen-bond donors (Lipinski definition) is 1. The summed E-state index contributed by atoms with van der Waals surface area (Å²) in [6.45, 7) is 10.3. The lowest BCUT2D eigenvalue weighted by Gasteiger charge is -2.14. The number of hydrogen-bond acceptors (Lipinski definition) is 1. The van der Waals surface area contributed by atoms with Gasteiger partial charge in [-0.05, 0) is 18.9 Å². The average molecular weight is 241 g/mol. The Kier molecular flexibility index (Phi) is 12.4. The summed E-state index contributed by atoms with van der Waals surface area (Å²) in [5, 5.41) is 3.52. The molecule has 0 aromatic rings. The van der Waals surface area contributed by atoms with Crippen LogP contribution in [-0.4, -0.2) is 12.6 Å². The van der Waals surface area contributed by atoms with Crippen LogP contribution < -0.4 is 5.32 Å². The predicted molar refractivity (Wildman–Crippen MR) is 79.5 cm³/mol. The van der Waals surface area contributed by atoms with Crippen LogP contribution in [0.2, 0.25) is 0 Å². The third kappa shape index (κ3) is 13.9. The van der Waals surface area contributed by atoms with Crippen LogP contribution in [-0.2, 0) is 0 Å². The van der Waals surface area contributed by atoms with Crippen LogP contribution >= 0.6 is 0 Å². The van der Waals surface area contributed by atoms with Crippen molar-refractivity contribution in [2.45, 2.75) is 91.5 Å². The van der Waals surface area contributed by atoms with Crippen molar-refractivity contribution in [1.29, 1.82) is 0 Å². The smallest absolute Gasteiger partial charge is 0.00104 e. The van der Waals surface area contributed by atoms with E-state index < -0.39 is 0 Å². The molecule has 0 amide bonds. The molecule has 0 bridgehead atoms. The molecule has 1 nitrogen and oxygen atoms in total. The van der Waals surface area contributed by atoms with Crippen LogP contribution in [0, 0.1) is 5.92 Å². The molecule has 0 aliphatic carbocycles. The van der Waals surface area contributed by atoms with Gasteiger partial charge in [-0.2, -0.15) is 0 Å². The Labute approximate surface area is 110 Å². The van der Waals surface area contributed by atoms with Crippen molar-refractivity contribution in [3.8, 4) is 0 Å². The molecule has 1 heteroatoms. The van der Waals surface area contributed by atoms with Crippen LogP contribution in [0.15, 0.2) is 0 Å². The Morgan fingerprint density at radius 2 is 1.29 bits per heavy atom. The van der Waals surface area contributed by atoms with Crippen molar-refractivity contribution >= 4 is 0 Å². The summed E-state index contributed by atoms with van der Waals surface area (Å²) in [6.07, 6.45) is 12.9. The minimum atomic E-state index is 0.635. The molecule has 0 saturated heterocycles. The molecule has 0 aliphatic rings. The molecule has 0 aromatic heterocycles. The van der Waals surface area contributed by atoms with E-state index in [1.54, 1.807) is 0 Å². The van der Waals surface area contributed by atoms with Crippen molar-refractivity contribution in [2.24, 2.45) is 5.92 Å². The molecule has 1 unspecified atom stereocenters. The fraction of sp³-hybridized carbons (Fsp3) is 1.00. The van der Waals surface area contributed by atoms with Crippen molar-refractivity contribution < 1.29 is 0 Å². The largest absolute Gasteiger partial charge is 0.314 e. The molecule has 0 rings (SSSR count). The summed E-state index contributed by atoms with van der Waals surface area (Å²) in [7, 11) is 0. The molecule has 0 radical (unpaired) electrons. The standard InChI is InChI=1S/C16H35N/c1-5-6-7-8-9-10-11-12-13-16(4)14-17-15(2)3/h15-17H,5-14H2,1-4H3. The van der Waals surface area contributed by atoms with E-state index in [1.807, 2.05) is 0 Å². The highest BCUT2D eigenvalue weighted by atomic mass is 14.9. The predicted octanol–water partition coefficient (Wildman–Crippen LogP) is 5.15. The van der Waals surface area contributed by atoms with Gasteiger partial charge in [0.15, 0.2) is 0 Å². The summed E-state index contributed by atoms with van der Waals surface area (Å²) in [5.74, 6) is 0.845. The first-order valence-electron chi connectivity index (χ1n) is 7.90. The normalized spacial score (nSPS) is 13.2. The zero-order valence-corrected chi connectivity index (χ0v) is 12.7. The van der Waals surface area contributed by atoms with E-state index in [9.17, 15) is 0 Å².